The number of fused-ring (bicyclic) bond motifs is 1. The molecule has 0 aromatic heterocycles. The summed E-state index contributed by atoms with van der Waals surface area (Å²) in [6.07, 6.45) is -0.249. The molecular weight excluding hydrogens is 304 g/mol. The molecule has 1 saturated heterocycles. The predicted molar refractivity (Wildman–Crippen MR) is 82.8 cm³/mol. The summed E-state index contributed by atoms with van der Waals surface area (Å²) >= 11 is 6.30. The molecule has 0 radical (unpaired) electrons. The lowest BCUT2D eigenvalue weighted by Crippen LogP contribution is -2.36. The Morgan fingerprint density at radius 3 is 2.68 bits per heavy atom. The molecule has 3 rings (SSSR count). The van der Waals surface area contributed by atoms with Gasteiger partial charge in [0.15, 0.2) is 5.78 Å². The Labute approximate surface area is 133 Å². The van der Waals surface area contributed by atoms with E-state index in [0.717, 1.165) is 16.3 Å². The zero-order chi connectivity index (χ0) is 15.7. The summed E-state index contributed by atoms with van der Waals surface area (Å²) in [6, 6.07) is 11.4. The number of methoxy groups -OCH3 is 1. The van der Waals surface area contributed by atoms with Crippen LogP contribution in [-0.4, -0.2) is 25.5 Å². The quantitative estimate of drug-likeness (QED) is 0.629. The van der Waals surface area contributed by atoms with Crippen molar-refractivity contribution >= 4 is 34.1 Å². The van der Waals surface area contributed by atoms with Crippen LogP contribution in [0, 0.1) is 5.92 Å². The van der Waals surface area contributed by atoms with Crippen molar-refractivity contribution in [2.24, 2.45) is 5.92 Å². The van der Waals surface area contributed by atoms with Crippen molar-refractivity contribution in [3.8, 4) is 0 Å². The van der Waals surface area contributed by atoms with Crippen molar-refractivity contribution < 1.29 is 19.1 Å². The first kappa shape index (κ1) is 15.0. The summed E-state index contributed by atoms with van der Waals surface area (Å²) in [7, 11) is 1.27. The molecule has 5 heteroatoms. The second kappa shape index (κ2) is 6.07. The van der Waals surface area contributed by atoms with Gasteiger partial charge in [-0.15, -0.1) is 0 Å². The molecule has 114 valence electrons. The lowest BCUT2D eigenvalue weighted by molar-refractivity contribution is -0.158. The average molecular weight is 319 g/mol. The summed E-state index contributed by atoms with van der Waals surface area (Å²) in [6.45, 7) is 0.0387. The van der Waals surface area contributed by atoms with Gasteiger partial charge in [0.05, 0.1) is 19.8 Å². The number of ether oxygens (including phenoxy) is 2. The maximum Gasteiger partial charge on any atom is 0.318 e. The molecule has 2 unspecified atom stereocenters. The zero-order valence-electron chi connectivity index (χ0n) is 12.0. The molecule has 2 atom stereocenters. The van der Waals surface area contributed by atoms with E-state index in [-0.39, 0.29) is 18.8 Å². The largest absolute Gasteiger partial charge is 0.468 e. The first-order chi connectivity index (χ1) is 10.6. The Hall–Kier alpha value is -1.91. The molecule has 0 spiro atoms. The van der Waals surface area contributed by atoms with E-state index in [1.165, 1.54) is 7.11 Å². The van der Waals surface area contributed by atoms with Crippen molar-refractivity contribution in [2.75, 3.05) is 13.7 Å². The van der Waals surface area contributed by atoms with Crippen LogP contribution in [0.25, 0.3) is 10.8 Å². The summed E-state index contributed by atoms with van der Waals surface area (Å²) in [5, 5.41) is 2.51. The van der Waals surface area contributed by atoms with E-state index in [1.807, 2.05) is 36.4 Å². The van der Waals surface area contributed by atoms with Crippen molar-refractivity contribution in [1.82, 2.24) is 0 Å². The molecule has 0 amide bonds. The highest BCUT2D eigenvalue weighted by atomic mass is 35.5. The minimum absolute atomic E-state index is 0.0387. The van der Waals surface area contributed by atoms with Crippen molar-refractivity contribution in [2.45, 2.75) is 12.5 Å². The second-order valence-corrected chi connectivity index (χ2v) is 5.66. The van der Waals surface area contributed by atoms with Crippen LogP contribution in [0.2, 0.25) is 5.02 Å². The summed E-state index contributed by atoms with van der Waals surface area (Å²) < 4.78 is 10.4. The Morgan fingerprint density at radius 2 is 2.00 bits per heavy atom. The highest BCUT2D eigenvalue weighted by Crippen LogP contribution is 2.36. The highest BCUT2D eigenvalue weighted by molar-refractivity contribution is 6.35. The van der Waals surface area contributed by atoms with E-state index in [9.17, 15) is 9.59 Å². The van der Waals surface area contributed by atoms with Gasteiger partial charge in [-0.3, -0.25) is 9.59 Å². The van der Waals surface area contributed by atoms with Crippen molar-refractivity contribution in [3.63, 3.8) is 0 Å². The van der Waals surface area contributed by atoms with Gasteiger partial charge >= 0.3 is 5.97 Å². The fourth-order valence-electron chi connectivity index (χ4n) is 2.82. The number of halogens is 1. The Balaban J connectivity index is 1.94. The lowest BCUT2D eigenvalue weighted by Gasteiger charge is -2.27. The fourth-order valence-corrected chi connectivity index (χ4v) is 3.11. The molecule has 0 bridgehead atoms. The minimum Gasteiger partial charge on any atom is -0.468 e. The van der Waals surface area contributed by atoms with E-state index in [4.69, 9.17) is 16.3 Å². The molecule has 1 fully saturated rings. The molecule has 0 N–H and O–H groups in total. The van der Waals surface area contributed by atoms with Gasteiger partial charge in [0.25, 0.3) is 0 Å². The van der Waals surface area contributed by atoms with Gasteiger partial charge in [-0.05, 0) is 17.0 Å². The normalized spacial score (nSPS) is 21.8. The van der Waals surface area contributed by atoms with Crippen molar-refractivity contribution in [3.05, 3.63) is 47.0 Å². The SMILES string of the molecule is COC(=O)C1COC(c2cccc3cccc(Cl)c23)CC1=O. The van der Waals surface area contributed by atoms with Gasteiger partial charge in [0.2, 0.25) is 0 Å². The molecule has 1 aliphatic heterocycles. The Kier molecular flexibility index (Phi) is 4.14. The summed E-state index contributed by atoms with van der Waals surface area (Å²) in [5.74, 6) is -1.53. The molecule has 1 aliphatic rings. The van der Waals surface area contributed by atoms with Crippen LogP contribution in [0.4, 0.5) is 0 Å². The van der Waals surface area contributed by atoms with Gasteiger partial charge in [-0.25, -0.2) is 0 Å². The van der Waals surface area contributed by atoms with Crippen LogP contribution in [0.15, 0.2) is 36.4 Å². The highest BCUT2D eigenvalue weighted by Gasteiger charge is 2.36. The first-order valence-corrected chi connectivity index (χ1v) is 7.39. The topological polar surface area (TPSA) is 52.6 Å². The fraction of sp³-hybridized carbons (Fsp3) is 0.294. The zero-order valence-corrected chi connectivity index (χ0v) is 12.8. The molecule has 4 nitrogen and oxygen atoms in total. The third-order valence-corrected chi connectivity index (χ3v) is 4.27. The third kappa shape index (κ3) is 2.60. The van der Waals surface area contributed by atoms with Crippen LogP contribution in [0.3, 0.4) is 0 Å². The van der Waals surface area contributed by atoms with Crippen LogP contribution in [0.5, 0.6) is 0 Å². The molecule has 0 saturated carbocycles. The van der Waals surface area contributed by atoms with Gasteiger partial charge in [0.1, 0.15) is 5.92 Å². The van der Waals surface area contributed by atoms with E-state index < -0.39 is 18.0 Å². The van der Waals surface area contributed by atoms with Gasteiger partial charge < -0.3 is 9.47 Å². The van der Waals surface area contributed by atoms with Gasteiger partial charge in [-0.1, -0.05) is 41.9 Å². The first-order valence-electron chi connectivity index (χ1n) is 7.01. The summed E-state index contributed by atoms with van der Waals surface area (Å²) in [5.41, 5.74) is 0.875. The Bertz CT molecular complexity index is 735. The number of benzene rings is 2. The molecule has 22 heavy (non-hydrogen) atoms. The predicted octanol–water partition coefficient (Wildman–Crippen LogP) is 3.31. The van der Waals surface area contributed by atoms with E-state index in [2.05, 4.69) is 4.74 Å². The summed E-state index contributed by atoms with van der Waals surface area (Å²) in [4.78, 5) is 23.7. The molecule has 0 aliphatic carbocycles. The van der Waals surface area contributed by atoms with Crippen LogP contribution in [0.1, 0.15) is 18.1 Å². The smallest absolute Gasteiger partial charge is 0.318 e. The van der Waals surface area contributed by atoms with E-state index >= 15 is 0 Å². The van der Waals surface area contributed by atoms with Crippen LogP contribution >= 0.6 is 11.6 Å². The number of Topliss-reactive ketones (excluding diaryl/α,β-unsaturated/α-hetero) is 1. The molecule has 1 heterocycles. The van der Waals surface area contributed by atoms with Gasteiger partial charge in [0, 0.05) is 16.8 Å². The van der Waals surface area contributed by atoms with Gasteiger partial charge in [-0.2, -0.15) is 0 Å². The van der Waals surface area contributed by atoms with E-state index in [0.29, 0.717) is 5.02 Å². The third-order valence-electron chi connectivity index (χ3n) is 3.96. The molecular formula is C17H15ClO4. The number of carbonyl (C=O) groups is 2. The van der Waals surface area contributed by atoms with Crippen LogP contribution in [-0.2, 0) is 19.1 Å². The number of rotatable bonds is 2. The van der Waals surface area contributed by atoms with Crippen LogP contribution < -0.4 is 0 Å². The lowest BCUT2D eigenvalue weighted by atomic mass is 9.91. The maximum atomic E-state index is 12.2. The van der Waals surface area contributed by atoms with E-state index in [1.54, 1.807) is 0 Å². The van der Waals surface area contributed by atoms with Crippen molar-refractivity contribution in [1.29, 1.82) is 0 Å². The standard InChI is InChI=1S/C17H15ClO4/c1-21-17(20)12-9-22-15(8-14(12)19)11-6-2-4-10-5-3-7-13(18)16(10)11/h2-7,12,15H,8-9H2,1H3. The second-order valence-electron chi connectivity index (χ2n) is 5.25. The minimum atomic E-state index is -0.827. The number of hydrogen-bond acceptors (Lipinski definition) is 4. The monoisotopic (exact) mass is 318 g/mol. The number of hydrogen-bond donors (Lipinski definition) is 0. The average Bonchev–Trinajstić information content (AvgIpc) is 2.54. The number of carbonyl (C=O) groups excluding carboxylic acids is 2. The maximum absolute atomic E-state index is 12.2. The Morgan fingerprint density at radius 1 is 1.27 bits per heavy atom. The molecule has 2 aromatic rings. The number of ketones is 1. The molecule has 2 aromatic carbocycles. The number of esters is 1.